The third-order valence-corrected chi connectivity index (χ3v) is 3.75. The van der Waals surface area contributed by atoms with Crippen LogP contribution in [-0.2, 0) is 17.6 Å². The standard InChI is InChI=1S/C15H14Cl2N2O2/c1-8-12(7-15(20)21)9(2)19-14(18-8)5-10-3-4-11(16)6-13(10)17/h3-4,6H,5,7H2,1-2H3,(H,20,21). The number of benzene rings is 1. The Morgan fingerprint density at radius 2 is 1.81 bits per heavy atom. The van der Waals surface area contributed by atoms with Gasteiger partial charge in [0.05, 0.1) is 6.42 Å². The number of carboxylic acid groups (broad SMARTS) is 1. The van der Waals surface area contributed by atoms with E-state index in [1.165, 1.54) is 0 Å². The van der Waals surface area contributed by atoms with E-state index in [2.05, 4.69) is 9.97 Å². The summed E-state index contributed by atoms with van der Waals surface area (Å²) in [4.78, 5) is 19.6. The SMILES string of the molecule is Cc1nc(Cc2ccc(Cl)cc2Cl)nc(C)c1CC(=O)O. The molecule has 0 saturated carbocycles. The van der Waals surface area contributed by atoms with E-state index < -0.39 is 5.97 Å². The highest BCUT2D eigenvalue weighted by atomic mass is 35.5. The number of hydrogen-bond acceptors (Lipinski definition) is 3. The molecule has 1 aromatic carbocycles. The van der Waals surface area contributed by atoms with Crippen molar-refractivity contribution in [1.29, 1.82) is 0 Å². The fourth-order valence-corrected chi connectivity index (χ4v) is 2.61. The number of carboxylic acids is 1. The van der Waals surface area contributed by atoms with Crippen LogP contribution in [0.2, 0.25) is 10.0 Å². The third-order valence-electron chi connectivity index (χ3n) is 3.16. The van der Waals surface area contributed by atoms with E-state index in [1.807, 2.05) is 6.07 Å². The number of aliphatic carboxylic acids is 1. The van der Waals surface area contributed by atoms with Crippen LogP contribution in [0.25, 0.3) is 0 Å². The number of nitrogens with zero attached hydrogens (tertiary/aromatic N) is 2. The third kappa shape index (κ3) is 3.93. The van der Waals surface area contributed by atoms with Gasteiger partial charge in [-0.15, -0.1) is 0 Å². The van der Waals surface area contributed by atoms with Gasteiger partial charge in [0, 0.05) is 33.4 Å². The molecular formula is C15H14Cl2N2O2. The Morgan fingerprint density at radius 1 is 1.19 bits per heavy atom. The van der Waals surface area contributed by atoms with Gasteiger partial charge in [-0.3, -0.25) is 4.79 Å². The van der Waals surface area contributed by atoms with Gasteiger partial charge in [-0.25, -0.2) is 9.97 Å². The quantitative estimate of drug-likeness (QED) is 0.932. The Kier molecular flexibility index (Phi) is 4.80. The van der Waals surface area contributed by atoms with Crippen LogP contribution in [0.3, 0.4) is 0 Å². The largest absolute Gasteiger partial charge is 0.481 e. The highest BCUT2D eigenvalue weighted by Crippen LogP contribution is 2.23. The van der Waals surface area contributed by atoms with E-state index >= 15 is 0 Å². The molecule has 1 aromatic heterocycles. The number of aryl methyl sites for hydroxylation is 2. The fourth-order valence-electron chi connectivity index (χ4n) is 2.13. The van der Waals surface area contributed by atoms with Crippen molar-refractivity contribution in [2.75, 3.05) is 0 Å². The molecule has 0 amide bonds. The lowest BCUT2D eigenvalue weighted by molar-refractivity contribution is -0.136. The summed E-state index contributed by atoms with van der Waals surface area (Å²) >= 11 is 12.0. The second-order valence-corrected chi connectivity index (χ2v) is 5.62. The number of carbonyl (C=O) groups is 1. The minimum atomic E-state index is -0.890. The van der Waals surface area contributed by atoms with Crippen molar-refractivity contribution in [2.45, 2.75) is 26.7 Å². The van der Waals surface area contributed by atoms with Crippen LogP contribution in [0.5, 0.6) is 0 Å². The lowest BCUT2D eigenvalue weighted by Gasteiger charge is -2.10. The molecule has 0 saturated heterocycles. The summed E-state index contributed by atoms with van der Waals surface area (Å²) in [6.45, 7) is 3.58. The van der Waals surface area contributed by atoms with Gasteiger partial charge in [-0.1, -0.05) is 29.3 Å². The predicted molar refractivity (Wildman–Crippen MR) is 82.1 cm³/mol. The zero-order valence-electron chi connectivity index (χ0n) is 11.7. The van der Waals surface area contributed by atoms with Crippen molar-refractivity contribution < 1.29 is 9.90 Å². The van der Waals surface area contributed by atoms with Crippen LogP contribution in [0.15, 0.2) is 18.2 Å². The average Bonchev–Trinajstić information content (AvgIpc) is 2.37. The summed E-state index contributed by atoms with van der Waals surface area (Å²) in [6.07, 6.45) is 0.407. The Labute approximate surface area is 132 Å². The summed E-state index contributed by atoms with van der Waals surface area (Å²) in [7, 11) is 0. The van der Waals surface area contributed by atoms with Gasteiger partial charge in [0.2, 0.25) is 0 Å². The van der Waals surface area contributed by atoms with E-state index in [0.717, 1.165) is 5.56 Å². The maximum atomic E-state index is 10.8. The topological polar surface area (TPSA) is 63.1 Å². The van der Waals surface area contributed by atoms with Crippen LogP contribution < -0.4 is 0 Å². The lowest BCUT2D eigenvalue weighted by atomic mass is 10.1. The van der Waals surface area contributed by atoms with E-state index in [-0.39, 0.29) is 6.42 Å². The first kappa shape index (κ1) is 15.7. The molecule has 110 valence electrons. The zero-order valence-corrected chi connectivity index (χ0v) is 13.2. The van der Waals surface area contributed by atoms with Gasteiger partial charge in [0.25, 0.3) is 0 Å². The van der Waals surface area contributed by atoms with E-state index in [9.17, 15) is 4.79 Å². The molecule has 1 heterocycles. The predicted octanol–water partition coefficient (Wildman–Crippen LogP) is 3.62. The van der Waals surface area contributed by atoms with Gasteiger partial charge >= 0.3 is 5.97 Å². The van der Waals surface area contributed by atoms with Crippen molar-refractivity contribution >= 4 is 29.2 Å². The summed E-state index contributed by atoms with van der Waals surface area (Å²) in [5.74, 6) is -0.276. The second-order valence-electron chi connectivity index (χ2n) is 4.77. The molecular weight excluding hydrogens is 311 g/mol. The van der Waals surface area contributed by atoms with Gasteiger partial charge in [0.15, 0.2) is 0 Å². The maximum Gasteiger partial charge on any atom is 0.307 e. The molecule has 2 rings (SSSR count). The highest BCUT2D eigenvalue weighted by molar-refractivity contribution is 6.35. The van der Waals surface area contributed by atoms with Crippen molar-refractivity contribution in [1.82, 2.24) is 9.97 Å². The van der Waals surface area contributed by atoms with E-state index in [4.69, 9.17) is 28.3 Å². The van der Waals surface area contributed by atoms with Crippen molar-refractivity contribution in [3.63, 3.8) is 0 Å². The number of hydrogen-bond donors (Lipinski definition) is 1. The molecule has 6 heteroatoms. The average molecular weight is 325 g/mol. The Balaban J connectivity index is 2.31. The fraction of sp³-hybridized carbons (Fsp3) is 0.267. The van der Waals surface area contributed by atoms with Crippen molar-refractivity contribution in [2.24, 2.45) is 0 Å². The summed E-state index contributed by atoms with van der Waals surface area (Å²) in [6, 6.07) is 5.28. The summed E-state index contributed by atoms with van der Waals surface area (Å²) in [5.41, 5.74) is 2.91. The first-order chi connectivity index (χ1) is 9.86. The molecule has 0 aliphatic carbocycles. The molecule has 0 spiro atoms. The van der Waals surface area contributed by atoms with Crippen LogP contribution >= 0.6 is 23.2 Å². The van der Waals surface area contributed by atoms with E-state index in [1.54, 1.807) is 26.0 Å². The maximum absolute atomic E-state index is 10.8. The van der Waals surface area contributed by atoms with Gasteiger partial charge in [0.1, 0.15) is 5.82 Å². The molecule has 0 fully saturated rings. The van der Waals surface area contributed by atoms with Crippen LogP contribution in [-0.4, -0.2) is 21.0 Å². The molecule has 21 heavy (non-hydrogen) atoms. The molecule has 2 aromatic rings. The molecule has 0 aliphatic rings. The lowest BCUT2D eigenvalue weighted by Crippen LogP contribution is -2.10. The smallest absolute Gasteiger partial charge is 0.307 e. The summed E-state index contributed by atoms with van der Waals surface area (Å²) < 4.78 is 0. The zero-order chi connectivity index (χ0) is 15.6. The minimum Gasteiger partial charge on any atom is -0.481 e. The van der Waals surface area contributed by atoms with Crippen molar-refractivity contribution in [3.8, 4) is 0 Å². The number of aromatic nitrogens is 2. The van der Waals surface area contributed by atoms with Crippen LogP contribution in [0.4, 0.5) is 0 Å². The molecule has 0 radical (unpaired) electrons. The Bertz CT molecular complexity index is 679. The number of halogens is 2. The molecule has 0 atom stereocenters. The first-order valence-electron chi connectivity index (χ1n) is 6.35. The van der Waals surface area contributed by atoms with Gasteiger partial charge < -0.3 is 5.11 Å². The Hall–Kier alpha value is -1.65. The molecule has 1 N–H and O–H groups in total. The monoisotopic (exact) mass is 324 g/mol. The van der Waals surface area contributed by atoms with Gasteiger partial charge in [-0.05, 0) is 31.5 Å². The molecule has 4 nitrogen and oxygen atoms in total. The molecule has 0 unspecified atom stereocenters. The highest BCUT2D eigenvalue weighted by Gasteiger charge is 2.13. The van der Waals surface area contributed by atoms with Gasteiger partial charge in [-0.2, -0.15) is 0 Å². The minimum absolute atomic E-state index is 0.0698. The molecule has 0 bridgehead atoms. The Morgan fingerprint density at radius 3 is 2.33 bits per heavy atom. The first-order valence-corrected chi connectivity index (χ1v) is 7.11. The second kappa shape index (κ2) is 6.41. The number of rotatable bonds is 4. The van der Waals surface area contributed by atoms with Crippen LogP contribution in [0.1, 0.15) is 28.3 Å². The van der Waals surface area contributed by atoms with Crippen LogP contribution in [0, 0.1) is 13.8 Å². The normalized spacial score (nSPS) is 10.7. The summed E-state index contributed by atoms with van der Waals surface area (Å²) in [5, 5.41) is 10.0. The van der Waals surface area contributed by atoms with Crippen molar-refractivity contribution in [3.05, 3.63) is 56.6 Å². The van der Waals surface area contributed by atoms with E-state index in [0.29, 0.717) is 39.2 Å². The molecule has 0 aliphatic heterocycles.